The number of carbonyl (C=O) groups excluding carboxylic acids is 2. The van der Waals surface area contributed by atoms with Gasteiger partial charge in [0.15, 0.2) is 6.61 Å². The second-order valence-electron chi connectivity index (χ2n) is 6.19. The Morgan fingerprint density at radius 3 is 2.75 bits per heavy atom. The standard InChI is InChI=1S/C19H24N2O3/c1-14(2)11-12-20-18(22)13-24-19(23)10-9-16-8-7-15-5-3-4-6-17(15)21-16/h3-8,14H,9-13H2,1-2H3,(H,20,22). The summed E-state index contributed by atoms with van der Waals surface area (Å²) in [5.74, 6) is -0.112. The molecule has 2 aromatic rings. The van der Waals surface area contributed by atoms with Crippen molar-refractivity contribution in [3.05, 3.63) is 42.1 Å². The van der Waals surface area contributed by atoms with Gasteiger partial charge in [-0.05, 0) is 24.5 Å². The van der Waals surface area contributed by atoms with Crippen LogP contribution in [0, 0.1) is 5.92 Å². The van der Waals surface area contributed by atoms with Gasteiger partial charge in [0.1, 0.15) is 0 Å². The van der Waals surface area contributed by atoms with Crippen molar-refractivity contribution in [2.24, 2.45) is 5.92 Å². The van der Waals surface area contributed by atoms with Crippen LogP contribution in [-0.4, -0.2) is 30.0 Å². The van der Waals surface area contributed by atoms with E-state index in [0.29, 0.717) is 18.9 Å². The van der Waals surface area contributed by atoms with Crippen LogP contribution < -0.4 is 5.32 Å². The predicted octanol–water partition coefficient (Wildman–Crippen LogP) is 2.87. The van der Waals surface area contributed by atoms with Gasteiger partial charge >= 0.3 is 5.97 Å². The first-order valence-electron chi connectivity index (χ1n) is 8.31. The molecule has 0 aliphatic heterocycles. The van der Waals surface area contributed by atoms with E-state index in [-0.39, 0.29) is 24.9 Å². The molecule has 0 saturated carbocycles. The number of fused-ring (bicyclic) bond motifs is 1. The second kappa shape index (κ2) is 9.01. The lowest BCUT2D eigenvalue weighted by atomic mass is 10.1. The van der Waals surface area contributed by atoms with Crippen LogP contribution >= 0.6 is 0 Å². The molecule has 5 nitrogen and oxygen atoms in total. The lowest BCUT2D eigenvalue weighted by molar-refractivity contribution is -0.148. The van der Waals surface area contributed by atoms with Crippen LogP contribution in [0.2, 0.25) is 0 Å². The Balaban J connectivity index is 1.71. The largest absolute Gasteiger partial charge is 0.456 e. The molecule has 1 amide bonds. The number of amides is 1. The van der Waals surface area contributed by atoms with Crippen LogP contribution in [0.15, 0.2) is 36.4 Å². The van der Waals surface area contributed by atoms with E-state index < -0.39 is 0 Å². The van der Waals surface area contributed by atoms with Gasteiger partial charge in [0.2, 0.25) is 0 Å². The summed E-state index contributed by atoms with van der Waals surface area (Å²) >= 11 is 0. The number of carbonyl (C=O) groups is 2. The van der Waals surface area contributed by atoms with Crippen molar-refractivity contribution in [2.45, 2.75) is 33.1 Å². The van der Waals surface area contributed by atoms with Crippen molar-refractivity contribution in [1.29, 1.82) is 0 Å². The minimum absolute atomic E-state index is 0.213. The minimum atomic E-state index is -0.385. The van der Waals surface area contributed by atoms with Crippen LogP contribution in [0.25, 0.3) is 10.9 Å². The number of aromatic nitrogens is 1. The minimum Gasteiger partial charge on any atom is -0.456 e. The molecule has 0 fully saturated rings. The molecule has 0 saturated heterocycles. The molecule has 1 heterocycles. The summed E-state index contributed by atoms with van der Waals surface area (Å²) in [4.78, 5) is 27.8. The Labute approximate surface area is 142 Å². The van der Waals surface area contributed by atoms with Crippen LogP contribution in [0.3, 0.4) is 0 Å². The van der Waals surface area contributed by atoms with E-state index >= 15 is 0 Å². The molecular formula is C19H24N2O3. The van der Waals surface area contributed by atoms with Gasteiger partial charge in [-0.15, -0.1) is 0 Å². The summed E-state index contributed by atoms with van der Waals surface area (Å²) in [5.41, 5.74) is 1.75. The van der Waals surface area contributed by atoms with Crippen molar-refractivity contribution in [1.82, 2.24) is 10.3 Å². The van der Waals surface area contributed by atoms with Crippen molar-refractivity contribution in [3.63, 3.8) is 0 Å². The summed E-state index contributed by atoms with van der Waals surface area (Å²) in [5, 5.41) is 3.81. The van der Waals surface area contributed by atoms with Gasteiger partial charge in [0.25, 0.3) is 5.91 Å². The Morgan fingerprint density at radius 2 is 1.96 bits per heavy atom. The third-order valence-electron chi connectivity index (χ3n) is 3.65. The molecule has 128 valence electrons. The number of nitrogens with one attached hydrogen (secondary N) is 1. The average molecular weight is 328 g/mol. The fourth-order valence-corrected chi connectivity index (χ4v) is 2.25. The van der Waals surface area contributed by atoms with E-state index in [1.807, 2.05) is 36.4 Å². The SMILES string of the molecule is CC(C)CCNC(=O)COC(=O)CCc1ccc2ccccc2n1. The molecular weight excluding hydrogens is 304 g/mol. The smallest absolute Gasteiger partial charge is 0.306 e. The summed E-state index contributed by atoms with van der Waals surface area (Å²) in [6.07, 6.45) is 1.62. The Morgan fingerprint density at radius 1 is 1.17 bits per heavy atom. The molecule has 0 bridgehead atoms. The number of rotatable bonds is 8. The molecule has 1 aromatic carbocycles. The summed E-state index contributed by atoms with van der Waals surface area (Å²) in [6.45, 7) is 4.57. The number of esters is 1. The van der Waals surface area contributed by atoms with Gasteiger partial charge in [-0.2, -0.15) is 0 Å². The van der Waals surface area contributed by atoms with Crippen LogP contribution in [0.4, 0.5) is 0 Å². The van der Waals surface area contributed by atoms with Gasteiger partial charge in [-0.3, -0.25) is 14.6 Å². The highest BCUT2D eigenvalue weighted by atomic mass is 16.5. The number of benzene rings is 1. The molecule has 1 aromatic heterocycles. The van der Waals surface area contributed by atoms with E-state index in [4.69, 9.17) is 4.74 Å². The van der Waals surface area contributed by atoms with E-state index in [9.17, 15) is 9.59 Å². The molecule has 5 heteroatoms. The lowest BCUT2D eigenvalue weighted by Gasteiger charge is -2.08. The molecule has 0 atom stereocenters. The fraction of sp³-hybridized carbons (Fsp3) is 0.421. The van der Waals surface area contributed by atoms with Crippen molar-refractivity contribution in [2.75, 3.05) is 13.2 Å². The highest BCUT2D eigenvalue weighted by Gasteiger charge is 2.08. The molecule has 0 aliphatic rings. The van der Waals surface area contributed by atoms with Crippen molar-refractivity contribution >= 4 is 22.8 Å². The van der Waals surface area contributed by atoms with Crippen molar-refractivity contribution in [3.8, 4) is 0 Å². The Hall–Kier alpha value is -2.43. The number of ether oxygens (including phenoxy) is 1. The van der Waals surface area contributed by atoms with Gasteiger partial charge in [-0.25, -0.2) is 0 Å². The maximum Gasteiger partial charge on any atom is 0.306 e. The van der Waals surface area contributed by atoms with E-state index in [1.165, 1.54) is 0 Å². The summed E-state index contributed by atoms with van der Waals surface area (Å²) < 4.78 is 4.99. The van der Waals surface area contributed by atoms with E-state index in [0.717, 1.165) is 23.0 Å². The van der Waals surface area contributed by atoms with Crippen LogP contribution in [0.1, 0.15) is 32.4 Å². The van der Waals surface area contributed by atoms with Crippen molar-refractivity contribution < 1.29 is 14.3 Å². The van der Waals surface area contributed by atoms with Crippen LogP contribution in [0.5, 0.6) is 0 Å². The first-order chi connectivity index (χ1) is 11.5. The zero-order chi connectivity index (χ0) is 17.4. The Kier molecular flexibility index (Phi) is 6.73. The van der Waals surface area contributed by atoms with Gasteiger partial charge in [0.05, 0.1) is 11.9 Å². The Bertz CT molecular complexity index is 698. The lowest BCUT2D eigenvalue weighted by Crippen LogP contribution is -2.30. The molecule has 0 unspecified atom stereocenters. The predicted molar refractivity (Wildman–Crippen MR) is 93.5 cm³/mol. The quantitative estimate of drug-likeness (QED) is 0.757. The fourth-order valence-electron chi connectivity index (χ4n) is 2.25. The first-order valence-corrected chi connectivity index (χ1v) is 8.31. The molecule has 0 aliphatic carbocycles. The summed E-state index contributed by atoms with van der Waals surface area (Å²) in [7, 11) is 0. The molecule has 24 heavy (non-hydrogen) atoms. The second-order valence-corrected chi connectivity index (χ2v) is 6.19. The third-order valence-corrected chi connectivity index (χ3v) is 3.65. The number of hydrogen-bond donors (Lipinski definition) is 1. The van der Waals surface area contributed by atoms with Gasteiger partial charge < -0.3 is 10.1 Å². The zero-order valence-electron chi connectivity index (χ0n) is 14.2. The van der Waals surface area contributed by atoms with Crippen LogP contribution in [-0.2, 0) is 20.7 Å². The monoisotopic (exact) mass is 328 g/mol. The summed E-state index contributed by atoms with van der Waals surface area (Å²) in [6, 6.07) is 11.7. The number of hydrogen-bond acceptors (Lipinski definition) is 4. The maximum atomic E-state index is 11.7. The normalized spacial score (nSPS) is 10.8. The number of pyridine rings is 1. The highest BCUT2D eigenvalue weighted by molar-refractivity contribution is 5.80. The topological polar surface area (TPSA) is 68.3 Å². The van der Waals surface area contributed by atoms with Gasteiger partial charge in [-0.1, -0.05) is 38.1 Å². The molecule has 0 radical (unpaired) electrons. The van der Waals surface area contributed by atoms with E-state index in [2.05, 4.69) is 24.1 Å². The molecule has 2 rings (SSSR count). The number of para-hydroxylation sites is 1. The highest BCUT2D eigenvalue weighted by Crippen LogP contribution is 2.12. The first kappa shape index (κ1) is 17.9. The van der Waals surface area contributed by atoms with E-state index in [1.54, 1.807) is 0 Å². The maximum absolute atomic E-state index is 11.7. The molecule has 1 N–H and O–H groups in total. The third kappa shape index (κ3) is 5.99. The molecule has 0 spiro atoms. The zero-order valence-corrected chi connectivity index (χ0v) is 14.2. The van der Waals surface area contributed by atoms with Gasteiger partial charge in [0, 0.05) is 24.0 Å². The average Bonchev–Trinajstić information content (AvgIpc) is 2.57. The number of nitrogens with zero attached hydrogens (tertiary/aromatic N) is 1. The number of aryl methyl sites for hydroxylation is 1.